The van der Waals surface area contributed by atoms with Gasteiger partial charge in [-0.3, -0.25) is 0 Å². The number of esters is 1. The zero-order chi connectivity index (χ0) is 27.1. The molecule has 0 spiro atoms. The van der Waals surface area contributed by atoms with Crippen molar-refractivity contribution in [2.45, 2.75) is 130 Å². The molecule has 0 heterocycles. The van der Waals surface area contributed by atoms with Crippen LogP contribution in [0.25, 0.3) is 0 Å². The van der Waals surface area contributed by atoms with E-state index in [0.29, 0.717) is 17.8 Å². The van der Waals surface area contributed by atoms with Gasteiger partial charge in [0.15, 0.2) is 12.4 Å². The number of aliphatic hydroxyl groups excluding tert-OH is 3. The van der Waals surface area contributed by atoms with Gasteiger partial charge in [-0.15, -0.1) is 0 Å². The number of ether oxygens (including phenoxy) is 1. The van der Waals surface area contributed by atoms with E-state index >= 15 is 0 Å². The van der Waals surface area contributed by atoms with Crippen LogP contribution in [0.4, 0.5) is 0 Å². The van der Waals surface area contributed by atoms with E-state index in [1.54, 1.807) is 0 Å². The number of aliphatic hydroxyl groups is 4. The van der Waals surface area contributed by atoms with Crippen LogP contribution in [0.2, 0.25) is 0 Å². The van der Waals surface area contributed by atoms with Crippen molar-refractivity contribution in [3.63, 3.8) is 0 Å². The number of carbonyl (C=O) groups excluding carboxylic acids is 1. The second-order valence-corrected chi connectivity index (χ2v) is 13.9. The first kappa shape index (κ1) is 29.0. The molecule has 6 heteroatoms. The molecule has 0 aromatic heterocycles. The minimum Gasteiger partial charge on any atom is -0.460 e. The molecule has 0 aromatic rings. The van der Waals surface area contributed by atoms with Crippen molar-refractivity contribution < 1.29 is 30.0 Å². The van der Waals surface area contributed by atoms with Crippen LogP contribution >= 0.6 is 0 Å². The number of hydrogen-bond donors (Lipinski definition) is 4. The van der Waals surface area contributed by atoms with Gasteiger partial charge in [0, 0.05) is 6.42 Å². The van der Waals surface area contributed by atoms with E-state index in [4.69, 9.17) is 14.9 Å². The summed E-state index contributed by atoms with van der Waals surface area (Å²) < 4.78 is 5.52. The maximum absolute atomic E-state index is 12.3. The lowest BCUT2D eigenvalue weighted by Crippen LogP contribution is -2.51. The summed E-state index contributed by atoms with van der Waals surface area (Å²) in [6.45, 7) is 12.2. The molecule has 4 aliphatic rings. The third-order valence-corrected chi connectivity index (χ3v) is 11.4. The Balaban J connectivity index is 1.41. The smallest absolute Gasteiger partial charge is 0.338 e. The second kappa shape index (κ2) is 11.3. The molecule has 0 aliphatic heterocycles. The van der Waals surface area contributed by atoms with Gasteiger partial charge >= 0.3 is 5.97 Å². The lowest BCUT2D eigenvalue weighted by molar-refractivity contribution is -0.189. The Morgan fingerprint density at radius 1 is 1.00 bits per heavy atom. The summed E-state index contributed by atoms with van der Waals surface area (Å²) >= 11 is 0. The maximum Gasteiger partial charge on any atom is 0.338 e. The van der Waals surface area contributed by atoms with Gasteiger partial charge in [0.2, 0.25) is 0 Å². The summed E-state index contributed by atoms with van der Waals surface area (Å²) in [5, 5.41) is 37.6. The van der Waals surface area contributed by atoms with Crippen LogP contribution in [0.15, 0.2) is 11.6 Å². The second-order valence-electron chi connectivity index (χ2n) is 13.9. The molecule has 4 rings (SSSR count). The monoisotopic (exact) mass is 520 g/mol. The van der Waals surface area contributed by atoms with E-state index in [1.165, 1.54) is 50.5 Å². The minimum absolute atomic E-state index is 0.132. The molecule has 3 fully saturated rings. The highest BCUT2D eigenvalue weighted by Crippen LogP contribution is 2.67. The van der Waals surface area contributed by atoms with Gasteiger partial charge in [-0.05, 0) is 91.3 Å². The van der Waals surface area contributed by atoms with Gasteiger partial charge in [0.1, 0.15) is 12.2 Å². The molecule has 6 nitrogen and oxygen atoms in total. The molecular formula is C31H52O6. The summed E-state index contributed by atoms with van der Waals surface area (Å²) in [7, 11) is 0. The van der Waals surface area contributed by atoms with Crippen LogP contribution in [-0.2, 0) is 9.53 Å². The largest absolute Gasteiger partial charge is 0.460 e. The molecule has 3 saturated carbocycles. The van der Waals surface area contributed by atoms with Gasteiger partial charge in [-0.1, -0.05) is 65.5 Å². The number of carbonyl (C=O) groups is 1. The SMILES string of the molecule is CC(C)CCC[C@H](C)[C@H]1CCC2C3CC=C4C[C@@H](OC(=O)C(O)[C@H](O)C(O)O)CC[C@]4(C)C3CC[C@@]21C. The molecule has 4 unspecified atom stereocenters. The third kappa shape index (κ3) is 5.55. The average Bonchev–Trinajstić information content (AvgIpc) is 3.20. The van der Waals surface area contributed by atoms with Crippen molar-refractivity contribution in [3.05, 3.63) is 11.6 Å². The topological polar surface area (TPSA) is 107 Å². The Kier molecular flexibility index (Phi) is 8.85. The molecular weight excluding hydrogens is 468 g/mol. The van der Waals surface area contributed by atoms with Crippen LogP contribution in [0.3, 0.4) is 0 Å². The standard InChI is InChI=1S/C31H52O6/c1-18(2)7-6-8-19(3)23-11-12-24-22-10-9-20-17-21(37-29(36)27(33)26(32)28(34)35)13-15-30(20,4)25(22)14-16-31(23,24)5/h9,18-19,21-28,32-35H,6-8,10-17H2,1-5H3/t19-,21-,22?,23+,24?,25?,26-,27?,30-,31+/m0/s1. The fraction of sp³-hybridized carbons (Fsp3) is 0.903. The van der Waals surface area contributed by atoms with Crippen LogP contribution in [-0.4, -0.2) is 51.0 Å². The lowest BCUT2D eigenvalue weighted by atomic mass is 9.47. The Morgan fingerprint density at radius 2 is 1.73 bits per heavy atom. The summed E-state index contributed by atoms with van der Waals surface area (Å²) in [6.07, 6.45) is 8.85. The Bertz CT molecular complexity index is 838. The lowest BCUT2D eigenvalue weighted by Gasteiger charge is -2.58. The predicted octanol–water partition coefficient (Wildman–Crippen LogP) is 4.97. The van der Waals surface area contributed by atoms with Crippen molar-refractivity contribution in [1.82, 2.24) is 0 Å². The van der Waals surface area contributed by atoms with Crippen LogP contribution in [0.1, 0.15) is 105 Å². The van der Waals surface area contributed by atoms with Crippen LogP contribution in [0.5, 0.6) is 0 Å². The normalized spacial score (nSPS) is 39.9. The summed E-state index contributed by atoms with van der Waals surface area (Å²) in [4.78, 5) is 12.3. The molecule has 0 saturated heterocycles. The summed E-state index contributed by atoms with van der Waals surface area (Å²) in [5.74, 6) is 3.67. The van der Waals surface area contributed by atoms with Crippen molar-refractivity contribution in [2.24, 2.45) is 46.3 Å². The highest BCUT2D eigenvalue weighted by atomic mass is 16.6. The van der Waals surface area contributed by atoms with E-state index < -0.39 is 24.5 Å². The van der Waals surface area contributed by atoms with Crippen LogP contribution in [0, 0.1) is 46.3 Å². The molecule has 10 atom stereocenters. The average molecular weight is 521 g/mol. The number of allylic oxidation sites excluding steroid dienone is 1. The van der Waals surface area contributed by atoms with Gasteiger partial charge < -0.3 is 25.2 Å². The predicted molar refractivity (Wildman–Crippen MR) is 143 cm³/mol. The van der Waals surface area contributed by atoms with Crippen molar-refractivity contribution in [1.29, 1.82) is 0 Å². The zero-order valence-corrected chi connectivity index (χ0v) is 23.7. The third-order valence-electron chi connectivity index (χ3n) is 11.4. The first-order valence-electron chi connectivity index (χ1n) is 15.0. The first-order chi connectivity index (χ1) is 17.4. The minimum atomic E-state index is -2.19. The first-order valence-corrected chi connectivity index (χ1v) is 15.0. The number of rotatable bonds is 9. The van der Waals surface area contributed by atoms with Crippen LogP contribution < -0.4 is 0 Å². The van der Waals surface area contributed by atoms with E-state index in [0.717, 1.165) is 48.9 Å². The van der Waals surface area contributed by atoms with Gasteiger partial charge in [-0.2, -0.15) is 0 Å². The number of hydrogen-bond acceptors (Lipinski definition) is 6. The maximum atomic E-state index is 12.3. The Labute approximate surface area is 223 Å². The molecule has 0 aromatic carbocycles. The molecule has 4 aliphatic carbocycles. The van der Waals surface area contributed by atoms with Gasteiger partial charge in [0.05, 0.1) is 0 Å². The van der Waals surface area contributed by atoms with E-state index in [-0.39, 0.29) is 11.5 Å². The molecule has 0 amide bonds. The van der Waals surface area contributed by atoms with E-state index in [1.807, 2.05) is 0 Å². The van der Waals surface area contributed by atoms with Crippen molar-refractivity contribution in [3.8, 4) is 0 Å². The van der Waals surface area contributed by atoms with Gasteiger partial charge in [-0.25, -0.2) is 4.79 Å². The Morgan fingerprint density at radius 3 is 2.41 bits per heavy atom. The van der Waals surface area contributed by atoms with E-state index in [9.17, 15) is 15.0 Å². The molecule has 0 bridgehead atoms. The van der Waals surface area contributed by atoms with Crippen molar-refractivity contribution >= 4 is 5.97 Å². The molecule has 212 valence electrons. The highest BCUT2D eigenvalue weighted by Gasteiger charge is 2.59. The van der Waals surface area contributed by atoms with Crippen molar-refractivity contribution in [2.75, 3.05) is 0 Å². The quantitative estimate of drug-likeness (QED) is 0.194. The number of fused-ring (bicyclic) bond motifs is 5. The molecule has 4 N–H and O–H groups in total. The van der Waals surface area contributed by atoms with E-state index in [2.05, 4.69) is 40.7 Å². The van der Waals surface area contributed by atoms with Gasteiger partial charge in [0.25, 0.3) is 0 Å². The summed E-state index contributed by atoms with van der Waals surface area (Å²) in [5.41, 5.74) is 1.98. The zero-order valence-electron chi connectivity index (χ0n) is 23.7. The Hall–Kier alpha value is -0.950. The molecule has 0 radical (unpaired) electrons. The highest BCUT2D eigenvalue weighted by molar-refractivity contribution is 5.75. The fourth-order valence-corrected chi connectivity index (χ4v) is 9.29. The summed E-state index contributed by atoms with van der Waals surface area (Å²) in [6, 6.07) is 0. The molecule has 37 heavy (non-hydrogen) atoms. The fourth-order valence-electron chi connectivity index (χ4n) is 9.29.